The number of halogens is 1. The van der Waals surface area contributed by atoms with Gasteiger partial charge in [-0.2, -0.15) is 5.10 Å². The van der Waals surface area contributed by atoms with Crippen molar-refractivity contribution in [3.63, 3.8) is 0 Å². The number of methoxy groups -OCH3 is 2. The zero-order valence-electron chi connectivity index (χ0n) is 15.8. The van der Waals surface area contributed by atoms with Crippen molar-refractivity contribution in [3.8, 4) is 11.5 Å². The van der Waals surface area contributed by atoms with E-state index in [-0.39, 0.29) is 12.1 Å². The van der Waals surface area contributed by atoms with Crippen molar-refractivity contribution in [2.75, 3.05) is 26.2 Å². The Balaban J connectivity index is 1.87. The lowest BCUT2D eigenvalue weighted by atomic mass is 10.0. The highest BCUT2D eigenvalue weighted by atomic mass is 79.9. The number of nitrogens with zero attached hydrogens (tertiary/aromatic N) is 3. The van der Waals surface area contributed by atoms with Crippen molar-refractivity contribution >= 4 is 33.9 Å². The third-order valence-corrected chi connectivity index (χ3v) is 5.12. The number of hydrogen-bond donors (Lipinski definition) is 0. The molecule has 0 bridgehead atoms. The average molecular weight is 432 g/mol. The average Bonchev–Trinajstić information content (AvgIpc) is 2.83. The van der Waals surface area contributed by atoms with Crippen LogP contribution in [0, 0.1) is 0 Å². The van der Waals surface area contributed by atoms with Gasteiger partial charge in [0.05, 0.1) is 26.5 Å². The van der Waals surface area contributed by atoms with Crippen molar-refractivity contribution in [1.82, 2.24) is 5.01 Å². The Morgan fingerprint density at radius 2 is 1.81 bits per heavy atom. The van der Waals surface area contributed by atoms with Crippen LogP contribution in [-0.4, -0.2) is 44.6 Å². The molecule has 0 fully saturated rings. The number of benzene rings is 2. The summed E-state index contributed by atoms with van der Waals surface area (Å²) in [5, 5.41) is 5.97. The number of ether oxygens (including phenoxy) is 2. The third kappa shape index (κ3) is 3.93. The van der Waals surface area contributed by atoms with Crippen LogP contribution in [0.5, 0.6) is 11.5 Å². The van der Waals surface area contributed by atoms with Crippen molar-refractivity contribution in [3.05, 3.63) is 52.0 Å². The van der Waals surface area contributed by atoms with Crippen LogP contribution in [0.2, 0.25) is 0 Å². The molecule has 1 unspecified atom stereocenters. The summed E-state index contributed by atoms with van der Waals surface area (Å²) in [4.78, 5) is 14.6. The molecule has 0 N–H and O–H groups in total. The molecule has 1 aliphatic heterocycles. The van der Waals surface area contributed by atoms with Gasteiger partial charge in [0, 0.05) is 22.8 Å². The van der Waals surface area contributed by atoms with Crippen molar-refractivity contribution in [1.29, 1.82) is 0 Å². The highest BCUT2D eigenvalue weighted by molar-refractivity contribution is 9.10. The molecule has 1 atom stereocenters. The molecule has 0 saturated carbocycles. The molecular formula is C20H22BrN3O3. The molecule has 0 spiro atoms. The van der Waals surface area contributed by atoms with E-state index in [1.807, 2.05) is 43.3 Å². The minimum atomic E-state index is -0.187. The second-order valence-electron chi connectivity index (χ2n) is 6.37. The lowest BCUT2D eigenvalue weighted by Crippen LogP contribution is -2.43. The van der Waals surface area contributed by atoms with Crippen LogP contribution in [0.1, 0.15) is 18.1 Å². The maximum Gasteiger partial charge on any atom is 0.344 e. The Morgan fingerprint density at radius 3 is 2.44 bits per heavy atom. The normalized spacial score (nSPS) is 15.7. The summed E-state index contributed by atoms with van der Waals surface area (Å²) in [6.07, 6.45) is 2.36. The van der Waals surface area contributed by atoms with Gasteiger partial charge in [-0.25, -0.2) is 9.80 Å². The molecule has 27 heavy (non-hydrogen) atoms. The Hall–Kier alpha value is -2.54. The second kappa shape index (κ2) is 8.00. The number of hydrogen-bond acceptors (Lipinski definition) is 4. The SMILES string of the molecule is COc1cc2c(cc1OC)CC(C)N(C(=O)N(C)c1ccc(Br)cc1)N=C2. The Kier molecular flexibility index (Phi) is 5.70. The standard InChI is InChI=1S/C20H22BrN3O3/c1-13-9-14-10-18(26-3)19(27-4)11-15(14)12-22-24(13)20(25)23(2)17-7-5-16(21)6-8-17/h5-8,10-13H,9H2,1-4H3. The van der Waals surface area contributed by atoms with E-state index in [0.717, 1.165) is 21.3 Å². The molecule has 2 aromatic carbocycles. The van der Waals surface area contributed by atoms with Gasteiger partial charge in [-0.1, -0.05) is 15.9 Å². The molecule has 0 aliphatic carbocycles. The minimum Gasteiger partial charge on any atom is -0.493 e. The molecule has 2 amide bonds. The van der Waals surface area contributed by atoms with Gasteiger partial charge in [0.25, 0.3) is 0 Å². The van der Waals surface area contributed by atoms with Crippen LogP contribution in [0.25, 0.3) is 0 Å². The summed E-state index contributed by atoms with van der Waals surface area (Å²) in [5.74, 6) is 1.31. The maximum atomic E-state index is 13.0. The van der Waals surface area contributed by atoms with Gasteiger partial charge < -0.3 is 9.47 Å². The van der Waals surface area contributed by atoms with E-state index in [4.69, 9.17) is 9.47 Å². The fraction of sp³-hybridized carbons (Fsp3) is 0.300. The molecular weight excluding hydrogens is 410 g/mol. The summed E-state index contributed by atoms with van der Waals surface area (Å²) >= 11 is 3.41. The molecule has 1 heterocycles. The van der Waals surface area contributed by atoms with Gasteiger partial charge in [-0.3, -0.25) is 4.90 Å². The van der Waals surface area contributed by atoms with Gasteiger partial charge in [0.1, 0.15) is 0 Å². The number of amides is 2. The Labute approximate surface area is 167 Å². The number of rotatable bonds is 3. The minimum absolute atomic E-state index is 0.106. The zero-order valence-corrected chi connectivity index (χ0v) is 17.4. The molecule has 1 aliphatic rings. The molecule has 0 radical (unpaired) electrons. The van der Waals surface area contributed by atoms with E-state index in [2.05, 4.69) is 21.0 Å². The summed E-state index contributed by atoms with van der Waals surface area (Å²) in [6, 6.07) is 11.1. The van der Waals surface area contributed by atoms with Crippen LogP contribution in [-0.2, 0) is 6.42 Å². The van der Waals surface area contributed by atoms with E-state index in [1.165, 1.54) is 5.01 Å². The van der Waals surface area contributed by atoms with Crippen LogP contribution in [0.3, 0.4) is 0 Å². The number of carbonyl (C=O) groups is 1. The largest absolute Gasteiger partial charge is 0.493 e. The van der Waals surface area contributed by atoms with E-state index in [1.54, 1.807) is 32.4 Å². The summed E-state index contributed by atoms with van der Waals surface area (Å²) < 4.78 is 11.7. The molecule has 0 aromatic heterocycles. The van der Waals surface area contributed by atoms with Gasteiger partial charge in [0.2, 0.25) is 0 Å². The van der Waals surface area contributed by atoms with Crippen LogP contribution in [0.15, 0.2) is 46.0 Å². The van der Waals surface area contributed by atoms with Crippen molar-refractivity contribution in [2.24, 2.45) is 5.10 Å². The van der Waals surface area contributed by atoms with Crippen molar-refractivity contribution < 1.29 is 14.3 Å². The number of fused-ring (bicyclic) bond motifs is 1. The fourth-order valence-corrected chi connectivity index (χ4v) is 3.31. The predicted octanol–water partition coefficient (Wildman–Crippen LogP) is 4.30. The maximum absolute atomic E-state index is 13.0. The number of anilines is 1. The molecule has 6 nitrogen and oxygen atoms in total. The highest BCUT2D eigenvalue weighted by Crippen LogP contribution is 2.32. The van der Waals surface area contributed by atoms with E-state index < -0.39 is 0 Å². The lowest BCUT2D eigenvalue weighted by Gasteiger charge is -2.28. The van der Waals surface area contributed by atoms with Crippen molar-refractivity contribution in [2.45, 2.75) is 19.4 Å². The predicted molar refractivity (Wildman–Crippen MR) is 110 cm³/mol. The summed E-state index contributed by atoms with van der Waals surface area (Å²) in [5.41, 5.74) is 2.78. The van der Waals surface area contributed by atoms with Crippen LogP contribution in [0.4, 0.5) is 10.5 Å². The molecule has 142 valence electrons. The number of hydrazone groups is 1. The van der Waals surface area contributed by atoms with Gasteiger partial charge in [0.15, 0.2) is 11.5 Å². The third-order valence-electron chi connectivity index (χ3n) is 4.60. The first-order valence-electron chi connectivity index (χ1n) is 8.56. The second-order valence-corrected chi connectivity index (χ2v) is 7.28. The first-order valence-corrected chi connectivity index (χ1v) is 9.35. The fourth-order valence-electron chi connectivity index (χ4n) is 3.04. The van der Waals surface area contributed by atoms with Crippen LogP contribution >= 0.6 is 15.9 Å². The van der Waals surface area contributed by atoms with E-state index in [0.29, 0.717) is 17.9 Å². The van der Waals surface area contributed by atoms with Crippen LogP contribution < -0.4 is 14.4 Å². The summed E-state index contributed by atoms with van der Waals surface area (Å²) in [7, 11) is 4.96. The van der Waals surface area contributed by atoms with E-state index >= 15 is 0 Å². The number of carbonyl (C=O) groups excluding carboxylic acids is 1. The lowest BCUT2D eigenvalue weighted by molar-refractivity contribution is 0.190. The Morgan fingerprint density at radius 1 is 1.19 bits per heavy atom. The highest BCUT2D eigenvalue weighted by Gasteiger charge is 2.27. The summed E-state index contributed by atoms with van der Waals surface area (Å²) in [6.45, 7) is 1.98. The zero-order chi connectivity index (χ0) is 19.6. The van der Waals surface area contributed by atoms with E-state index in [9.17, 15) is 4.79 Å². The first kappa shape index (κ1) is 19.2. The topological polar surface area (TPSA) is 54.4 Å². The number of urea groups is 1. The molecule has 7 heteroatoms. The quantitative estimate of drug-likeness (QED) is 0.727. The molecule has 3 rings (SSSR count). The molecule has 2 aromatic rings. The Bertz CT molecular complexity index is 868. The van der Waals surface area contributed by atoms with Gasteiger partial charge >= 0.3 is 6.03 Å². The van der Waals surface area contributed by atoms with Gasteiger partial charge in [-0.05, 0) is 55.3 Å². The smallest absolute Gasteiger partial charge is 0.344 e. The monoisotopic (exact) mass is 431 g/mol. The first-order chi connectivity index (χ1) is 12.9. The van der Waals surface area contributed by atoms with Gasteiger partial charge in [-0.15, -0.1) is 0 Å². The molecule has 0 saturated heterocycles.